The molecule has 0 aliphatic carbocycles. The summed E-state index contributed by atoms with van der Waals surface area (Å²) in [6, 6.07) is 0. The Kier molecular flexibility index (Phi) is 4.92. The van der Waals surface area contributed by atoms with Gasteiger partial charge in [0.05, 0.1) is 7.11 Å². The maximum atomic E-state index is 4.56. The fourth-order valence-corrected chi connectivity index (χ4v) is 0.384. The van der Waals surface area contributed by atoms with E-state index in [4.69, 9.17) is 0 Å². The summed E-state index contributed by atoms with van der Waals surface area (Å²) in [5.74, 6) is 0.527. The van der Waals surface area contributed by atoms with E-state index in [0.29, 0.717) is 5.76 Å². The first kappa shape index (κ1) is 8.24. The lowest BCUT2D eigenvalue weighted by molar-refractivity contribution is -0.232. The molecule has 0 aromatic heterocycles. The van der Waals surface area contributed by atoms with Gasteiger partial charge < -0.3 is 4.89 Å². The van der Waals surface area contributed by atoms with Crippen molar-refractivity contribution in [2.24, 2.45) is 0 Å². The zero-order valence-electron chi connectivity index (χ0n) is 5.89. The van der Waals surface area contributed by atoms with Gasteiger partial charge in [0.15, 0.2) is 5.76 Å². The average Bonchev–Trinajstić information content (AvgIpc) is 1.85. The van der Waals surface area contributed by atoms with Crippen molar-refractivity contribution >= 4 is 0 Å². The Morgan fingerprint density at radius 1 is 1.67 bits per heavy atom. The third-order valence-electron chi connectivity index (χ3n) is 0.730. The Labute approximate surface area is 55.7 Å². The summed E-state index contributed by atoms with van der Waals surface area (Å²) < 4.78 is 0. The molecule has 0 aliphatic heterocycles. The molecule has 0 rings (SSSR count). The highest BCUT2D eigenvalue weighted by Crippen LogP contribution is 1.95. The molecular formula is C7H12O2. The van der Waals surface area contributed by atoms with Gasteiger partial charge in [0.25, 0.3) is 0 Å². The lowest BCUT2D eigenvalue weighted by Gasteiger charge is -1.96. The van der Waals surface area contributed by atoms with Crippen LogP contribution in [0.3, 0.4) is 0 Å². The molecule has 0 bridgehead atoms. The van der Waals surface area contributed by atoms with Gasteiger partial charge >= 0.3 is 0 Å². The average molecular weight is 128 g/mol. The Bertz CT molecular complexity index is 105. The molecule has 0 atom stereocenters. The van der Waals surface area contributed by atoms with E-state index in [2.05, 4.69) is 16.4 Å². The van der Waals surface area contributed by atoms with Gasteiger partial charge in [-0.15, -0.1) is 0 Å². The second-order valence-corrected chi connectivity index (χ2v) is 1.53. The summed E-state index contributed by atoms with van der Waals surface area (Å²) in [5, 5.41) is 0. The molecule has 0 saturated carbocycles. The second kappa shape index (κ2) is 5.38. The lowest BCUT2D eigenvalue weighted by atomic mass is 10.4. The maximum absolute atomic E-state index is 4.56. The smallest absolute Gasteiger partial charge is 0.157 e. The normalized spacial score (nSPS) is 10.0. The molecule has 0 unspecified atom stereocenters. The van der Waals surface area contributed by atoms with Gasteiger partial charge in [0, 0.05) is 0 Å². The predicted molar refractivity (Wildman–Crippen MR) is 36.7 cm³/mol. The van der Waals surface area contributed by atoms with Gasteiger partial charge in [-0.1, -0.05) is 19.6 Å². The van der Waals surface area contributed by atoms with Gasteiger partial charge in [0.2, 0.25) is 0 Å². The van der Waals surface area contributed by atoms with Crippen LogP contribution in [0.2, 0.25) is 0 Å². The predicted octanol–water partition coefficient (Wildman–Crippen LogP) is 2.04. The van der Waals surface area contributed by atoms with Gasteiger partial charge in [-0.25, -0.2) is 0 Å². The minimum Gasteiger partial charge on any atom is -0.339 e. The van der Waals surface area contributed by atoms with E-state index >= 15 is 0 Å². The fourth-order valence-electron chi connectivity index (χ4n) is 0.384. The van der Waals surface area contributed by atoms with E-state index in [1.54, 1.807) is 6.08 Å². The Balaban J connectivity index is 3.37. The van der Waals surface area contributed by atoms with Crippen molar-refractivity contribution in [3.8, 4) is 0 Å². The molecular weight excluding hydrogens is 116 g/mol. The molecule has 0 aliphatic rings. The van der Waals surface area contributed by atoms with Crippen LogP contribution in [-0.4, -0.2) is 7.11 Å². The molecule has 0 N–H and O–H groups in total. The largest absolute Gasteiger partial charge is 0.339 e. The van der Waals surface area contributed by atoms with Crippen LogP contribution >= 0.6 is 0 Å². The van der Waals surface area contributed by atoms with Crippen LogP contribution in [-0.2, 0) is 9.78 Å². The summed E-state index contributed by atoms with van der Waals surface area (Å²) in [4.78, 5) is 8.91. The SMILES string of the molecule is C=C(/C=C\CC)OOC. The minimum absolute atomic E-state index is 0.527. The lowest BCUT2D eigenvalue weighted by Crippen LogP contribution is -1.83. The van der Waals surface area contributed by atoms with Crippen LogP contribution in [0.5, 0.6) is 0 Å². The summed E-state index contributed by atoms with van der Waals surface area (Å²) in [6.07, 6.45) is 4.69. The van der Waals surface area contributed by atoms with Gasteiger partial charge in [-0.2, -0.15) is 4.89 Å². The number of allylic oxidation sites excluding steroid dienone is 2. The highest BCUT2D eigenvalue weighted by molar-refractivity contribution is 5.05. The molecule has 2 nitrogen and oxygen atoms in total. The van der Waals surface area contributed by atoms with Crippen molar-refractivity contribution in [1.29, 1.82) is 0 Å². The first-order valence-electron chi connectivity index (χ1n) is 2.87. The topological polar surface area (TPSA) is 18.5 Å². The van der Waals surface area contributed by atoms with Crippen molar-refractivity contribution < 1.29 is 9.78 Å². The Morgan fingerprint density at radius 2 is 2.33 bits per heavy atom. The van der Waals surface area contributed by atoms with Gasteiger partial charge in [0.1, 0.15) is 0 Å². The number of rotatable bonds is 4. The van der Waals surface area contributed by atoms with E-state index in [-0.39, 0.29) is 0 Å². The maximum Gasteiger partial charge on any atom is 0.157 e. The molecule has 0 radical (unpaired) electrons. The molecule has 0 heterocycles. The van der Waals surface area contributed by atoms with E-state index < -0.39 is 0 Å². The van der Waals surface area contributed by atoms with Crippen molar-refractivity contribution in [3.63, 3.8) is 0 Å². The van der Waals surface area contributed by atoms with Crippen LogP contribution in [0.1, 0.15) is 13.3 Å². The summed E-state index contributed by atoms with van der Waals surface area (Å²) in [5.41, 5.74) is 0. The molecule has 0 aromatic rings. The van der Waals surface area contributed by atoms with E-state index in [0.717, 1.165) is 6.42 Å². The van der Waals surface area contributed by atoms with Crippen molar-refractivity contribution in [1.82, 2.24) is 0 Å². The third-order valence-corrected chi connectivity index (χ3v) is 0.730. The van der Waals surface area contributed by atoms with Gasteiger partial charge in [-0.05, 0) is 12.5 Å². The van der Waals surface area contributed by atoms with Crippen LogP contribution in [0.15, 0.2) is 24.5 Å². The molecule has 0 aromatic carbocycles. The zero-order valence-corrected chi connectivity index (χ0v) is 5.89. The van der Waals surface area contributed by atoms with Crippen molar-refractivity contribution in [3.05, 3.63) is 24.5 Å². The quantitative estimate of drug-likeness (QED) is 0.249. The molecule has 0 amide bonds. The highest BCUT2D eigenvalue weighted by Gasteiger charge is 1.82. The molecule has 2 heteroatoms. The van der Waals surface area contributed by atoms with Crippen LogP contribution in [0.25, 0.3) is 0 Å². The number of hydrogen-bond donors (Lipinski definition) is 0. The summed E-state index contributed by atoms with van der Waals surface area (Å²) >= 11 is 0. The van der Waals surface area contributed by atoms with Gasteiger partial charge in [-0.3, -0.25) is 0 Å². The zero-order chi connectivity index (χ0) is 7.11. The third kappa shape index (κ3) is 5.11. The first-order chi connectivity index (χ1) is 4.31. The molecule has 0 spiro atoms. The standard InChI is InChI=1S/C7H12O2/c1-4-5-6-7(2)9-8-3/h5-6H,2,4H2,1,3H3/b6-5-. The summed E-state index contributed by atoms with van der Waals surface area (Å²) in [6.45, 7) is 5.59. The minimum atomic E-state index is 0.527. The van der Waals surface area contributed by atoms with E-state index in [1.165, 1.54) is 7.11 Å². The molecule has 0 fully saturated rings. The number of hydrogen-bond acceptors (Lipinski definition) is 2. The van der Waals surface area contributed by atoms with Crippen LogP contribution < -0.4 is 0 Å². The van der Waals surface area contributed by atoms with Crippen LogP contribution in [0.4, 0.5) is 0 Å². The molecule has 52 valence electrons. The monoisotopic (exact) mass is 128 g/mol. The van der Waals surface area contributed by atoms with Crippen molar-refractivity contribution in [2.75, 3.05) is 7.11 Å². The first-order valence-corrected chi connectivity index (χ1v) is 2.87. The molecule has 0 saturated heterocycles. The Morgan fingerprint density at radius 3 is 2.78 bits per heavy atom. The van der Waals surface area contributed by atoms with E-state index in [9.17, 15) is 0 Å². The molecule has 9 heavy (non-hydrogen) atoms. The van der Waals surface area contributed by atoms with E-state index in [1.807, 2.05) is 13.0 Å². The highest BCUT2D eigenvalue weighted by atomic mass is 17.2. The fraction of sp³-hybridized carbons (Fsp3) is 0.429. The van der Waals surface area contributed by atoms with Crippen molar-refractivity contribution in [2.45, 2.75) is 13.3 Å². The second-order valence-electron chi connectivity index (χ2n) is 1.53. The van der Waals surface area contributed by atoms with Crippen LogP contribution in [0, 0.1) is 0 Å². The Hall–Kier alpha value is -0.760. The summed E-state index contributed by atoms with van der Waals surface area (Å²) in [7, 11) is 1.45.